The SMILES string of the molecule is CN(C(=O)c1cc([N+](=O)[O-])ccc1Cl)c1ccc(C#N)cc1F. The highest BCUT2D eigenvalue weighted by Crippen LogP contribution is 2.26. The molecule has 23 heavy (non-hydrogen) atoms. The number of halogens is 2. The van der Waals surface area contributed by atoms with Crippen molar-refractivity contribution in [2.45, 2.75) is 0 Å². The van der Waals surface area contributed by atoms with Gasteiger partial charge in [0.1, 0.15) is 5.82 Å². The highest BCUT2D eigenvalue weighted by Gasteiger charge is 2.22. The van der Waals surface area contributed by atoms with Crippen molar-refractivity contribution in [1.29, 1.82) is 5.26 Å². The number of non-ortho nitro benzene ring substituents is 1. The predicted molar refractivity (Wildman–Crippen MR) is 82.0 cm³/mol. The molecule has 6 nitrogen and oxygen atoms in total. The zero-order chi connectivity index (χ0) is 17.1. The fourth-order valence-electron chi connectivity index (χ4n) is 1.93. The van der Waals surface area contributed by atoms with Gasteiger partial charge in [-0.15, -0.1) is 0 Å². The molecule has 0 fully saturated rings. The number of rotatable bonds is 3. The first-order valence-corrected chi connectivity index (χ1v) is 6.64. The summed E-state index contributed by atoms with van der Waals surface area (Å²) in [7, 11) is 1.31. The average molecular weight is 334 g/mol. The molecule has 0 saturated carbocycles. The van der Waals surface area contributed by atoms with Gasteiger partial charge in [-0.1, -0.05) is 11.6 Å². The second kappa shape index (κ2) is 6.42. The summed E-state index contributed by atoms with van der Waals surface area (Å²) >= 11 is 5.91. The van der Waals surface area contributed by atoms with E-state index >= 15 is 0 Å². The molecule has 0 bridgehead atoms. The maximum absolute atomic E-state index is 14.0. The number of anilines is 1. The van der Waals surface area contributed by atoms with Crippen LogP contribution in [0.15, 0.2) is 36.4 Å². The Bertz CT molecular complexity index is 848. The molecule has 0 unspecified atom stereocenters. The first-order chi connectivity index (χ1) is 10.8. The molecular formula is C15H9ClFN3O3. The summed E-state index contributed by atoms with van der Waals surface area (Å²) in [5, 5.41) is 19.5. The van der Waals surface area contributed by atoms with E-state index in [1.54, 1.807) is 6.07 Å². The van der Waals surface area contributed by atoms with Gasteiger partial charge in [0.25, 0.3) is 11.6 Å². The van der Waals surface area contributed by atoms with Crippen molar-refractivity contribution < 1.29 is 14.1 Å². The standard InChI is InChI=1S/C15H9ClFN3O3/c1-19(14-5-2-9(8-18)6-13(14)17)15(21)11-7-10(20(22)23)3-4-12(11)16/h2-7H,1H3. The van der Waals surface area contributed by atoms with Crippen LogP contribution in [-0.2, 0) is 0 Å². The van der Waals surface area contributed by atoms with E-state index < -0.39 is 16.6 Å². The third-order valence-electron chi connectivity index (χ3n) is 3.13. The minimum Gasteiger partial charge on any atom is -0.309 e. The molecule has 0 aliphatic rings. The first kappa shape index (κ1) is 16.4. The number of nitro benzene ring substituents is 1. The van der Waals surface area contributed by atoms with Gasteiger partial charge in [0.2, 0.25) is 0 Å². The van der Waals surface area contributed by atoms with Gasteiger partial charge < -0.3 is 4.90 Å². The van der Waals surface area contributed by atoms with Crippen molar-refractivity contribution >= 4 is 28.9 Å². The summed E-state index contributed by atoms with van der Waals surface area (Å²) < 4.78 is 14.0. The Morgan fingerprint density at radius 1 is 1.35 bits per heavy atom. The van der Waals surface area contributed by atoms with Crippen LogP contribution < -0.4 is 4.90 Å². The molecule has 0 N–H and O–H groups in total. The highest BCUT2D eigenvalue weighted by atomic mass is 35.5. The monoisotopic (exact) mass is 333 g/mol. The number of nitrogens with zero attached hydrogens (tertiary/aromatic N) is 3. The van der Waals surface area contributed by atoms with Crippen LogP contribution in [0, 0.1) is 27.3 Å². The Hall–Kier alpha value is -2.98. The molecule has 0 aromatic heterocycles. The number of carbonyl (C=O) groups excluding carboxylic acids is 1. The van der Waals surface area contributed by atoms with E-state index in [-0.39, 0.29) is 27.5 Å². The van der Waals surface area contributed by atoms with Crippen LogP contribution in [0.1, 0.15) is 15.9 Å². The van der Waals surface area contributed by atoms with Crippen LogP contribution in [-0.4, -0.2) is 17.9 Å². The Balaban J connectivity index is 2.43. The maximum Gasteiger partial charge on any atom is 0.270 e. The Labute approximate surface area is 135 Å². The van der Waals surface area contributed by atoms with E-state index in [0.29, 0.717) is 0 Å². The summed E-state index contributed by atoms with van der Waals surface area (Å²) in [4.78, 5) is 23.5. The number of carbonyl (C=O) groups is 1. The van der Waals surface area contributed by atoms with E-state index in [2.05, 4.69) is 0 Å². The minimum absolute atomic E-state index is 0.0153. The van der Waals surface area contributed by atoms with Crippen LogP contribution in [0.25, 0.3) is 0 Å². The molecule has 0 radical (unpaired) electrons. The molecule has 0 saturated heterocycles. The molecule has 0 atom stereocenters. The Kier molecular flexibility index (Phi) is 4.57. The van der Waals surface area contributed by atoms with Crippen molar-refractivity contribution in [1.82, 2.24) is 0 Å². The van der Waals surface area contributed by atoms with Gasteiger partial charge in [0.05, 0.1) is 32.8 Å². The number of amides is 1. The van der Waals surface area contributed by atoms with Crippen LogP contribution in [0.5, 0.6) is 0 Å². The zero-order valence-electron chi connectivity index (χ0n) is 11.8. The van der Waals surface area contributed by atoms with Crippen molar-refractivity contribution in [3.05, 3.63) is 68.5 Å². The van der Waals surface area contributed by atoms with E-state index in [1.165, 1.54) is 31.3 Å². The molecule has 2 rings (SSSR count). The molecule has 0 heterocycles. The zero-order valence-corrected chi connectivity index (χ0v) is 12.5. The lowest BCUT2D eigenvalue weighted by molar-refractivity contribution is -0.384. The summed E-state index contributed by atoms with van der Waals surface area (Å²) in [5.41, 5.74) is -0.379. The van der Waals surface area contributed by atoms with E-state index in [9.17, 15) is 19.3 Å². The quantitative estimate of drug-likeness (QED) is 0.635. The van der Waals surface area contributed by atoms with Crippen LogP contribution in [0.3, 0.4) is 0 Å². The third kappa shape index (κ3) is 3.27. The molecule has 0 aliphatic heterocycles. The smallest absolute Gasteiger partial charge is 0.270 e. The maximum atomic E-state index is 14.0. The minimum atomic E-state index is -0.763. The fraction of sp³-hybridized carbons (Fsp3) is 0.0667. The molecule has 0 aliphatic carbocycles. The van der Waals surface area contributed by atoms with Crippen LogP contribution >= 0.6 is 11.6 Å². The number of nitro groups is 1. The molecule has 2 aromatic carbocycles. The Morgan fingerprint density at radius 2 is 2.04 bits per heavy atom. The largest absolute Gasteiger partial charge is 0.309 e. The number of hydrogen-bond donors (Lipinski definition) is 0. The normalized spacial score (nSPS) is 10.0. The third-order valence-corrected chi connectivity index (χ3v) is 3.46. The Morgan fingerprint density at radius 3 is 2.61 bits per heavy atom. The van der Waals surface area contributed by atoms with Gasteiger partial charge in [-0.05, 0) is 24.3 Å². The number of benzene rings is 2. The average Bonchev–Trinajstić information content (AvgIpc) is 2.53. The van der Waals surface area contributed by atoms with Crippen LogP contribution in [0.4, 0.5) is 15.8 Å². The van der Waals surface area contributed by atoms with E-state index in [0.717, 1.165) is 17.0 Å². The van der Waals surface area contributed by atoms with Crippen molar-refractivity contribution in [2.24, 2.45) is 0 Å². The molecule has 116 valence electrons. The summed E-state index contributed by atoms with van der Waals surface area (Å²) in [6, 6.07) is 8.84. The van der Waals surface area contributed by atoms with Gasteiger partial charge in [0, 0.05) is 19.2 Å². The van der Waals surface area contributed by atoms with Gasteiger partial charge >= 0.3 is 0 Å². The van der Waals surface area contributed by atoms with Crippen LogP contribution in [0.2, 0.25) is 5.02 Å². The lowest BCUT2D eigenvalue weighted by atomic mass is 10.1. The predicted octanol–water partition coefficient (Wildman–Crippen LogP) is 3.54. The molecule has 8 heteroatoms. The number of hydrogen-bond acceptors (Lipinski definition) is 4. The second-order valence-corrected chi connectivity index (χ2v) is 4.97. The molecule has 1 amide bonds. The van der Waals surface area contributed by atoms with Gasteiger partial charge in [-0.2, -0.15) is 5.26 Å². The highest BCUT2D eigenvalue weighted by molar-refractivity contribution is 6.34. The summed E-state index contributed by atoms with van der Waals surface area (Å²) in [6.07, 6.45) is 0. The fourth-order valence-corrected chi connectivity index (χ4v) is 2.13. The lowest BCUT2D eigenvalue weighted by Gasteiger charge is -2.18. The van der Waals surface area contributed by atoms with Crippen molar-refractivity contribution in [2.75, 3.05) is 11.9 Å². The van der Waals surface area contributed by atoms with Gasteiger partial charge in [-0.25, -0.2) is 4.39 Å². The summed E-state index contributed by atoms with van der Waals surface area (Å²) in [6.45, 7) is 0. The number of nitriles is 1. The molecule has 2 aromatic rings. The molecule has 0 spiro atoms. The van der Waals surface area contributed by atoms with E-state index in [4.69, 9.17) is 16.9 Å². The summed E-state index contributed by atoms with van der Waals surface area (Å²) in [5.74, 6) is -1.47. The van der Waals surface area contributed by atoms with E-state index in [1.807, 2.05) is 0 Å². The lowest BCUT2D eigenvalue weighted by Crippen LogP contribution is -2.27. The van der Waals surface area contributed by atoms with Gasteiger partial charge in [0.15, 0.2) is 0 Å². The second-order valence-electron chi connectivity index (χ2n) is 4.56. The first-order valence-electron chi connectivity index (χ1n) is 6.26. The topological polar surface area (TPSA) is 87.2 Å². The van der Waals surface area contributed by atoms with Gasteiger partial charge in [-0.3, -0.25) is 14.9 Å². The van der Waals surface area contributed by atoms with Crippen molar-refractivity contribution in [3.63, 3.8) is 0 Å². The molecular weight excluding hydrogens is 325 g/mol. The van der Waals surface area contributed by atoms with Crippen molar-refractivity contribution in [3.8, 4) is 6.07 Å².